The van der Waals surface area contributed by atoms with Gasteiger partial charge in [0.15, 0.2) is 0 Å². The molecule has 1 atom stereocenters. The van der Waals surface area contributed by atoms with Crippen molar-refractivity contribution in [2.24, 2.45) is 0 Å². The van der Waals surface area contributed by atoms with Crippen molar-refractivity contribution in [3.63, 3.8) is 0 Å². The molecule has 1 N–H and O–H groups in total. The molecular formula is C11H23NS. The average Bonchev–Trinajstić information content (AvgIpc) is 2.11. The van der Waals surface area contributed by atoms with Crippen molar-refractivity contribution in [2.75, 3.05) is 12.8 Å². The maximum absolute atomic E-state index is 4.04. The van der Waals surface area contributed by atoms with Crippen molar-refractivity contribution in [3.8, 4) is 0 Å². The molecule has 0 aliphatic rings. The Labute approximate surface area is 87.4 Å². The lowest BCUT2D eigenvalue weighted by Gasteiger charge is -2.17. The molecule has 0 aliphatic heterocycles. The van der Waals surface area contributed by atoms with Gasteiger partial charge in [-0.05, 0) is 25.1 Å². The van der Waals surface area contributed by atoms with Crippen LogP contribution >= 0.6 is 11.8 Å². The Kier molecular flexibility index (Phi) is 7.48. The predicted molar refractivity (Wildman–Crippen MR) is 64.5 cm³/mol. The third-order valence-electron chi connectivity index (χ3n) is 2.07. The van der Waals surface area contributed by atoms with Gasteiger partial charge in [-0.3, -0.25) is 0 Å². The third-order valence-corrected chi connectivity index (χ3v) is 3.34. The van der Waals surface area contributed by atoms with Crippen molar-refractivity contribution in [1.82, 2.24) is 5.32 Å². The van der Waals surface area contributed by atoms with Crippen LogP contribution in [0.15, 0.2) is 12.2 Å². The summed E-state index contributed by atoms with van der Waals surface area (Å²) in [6.45, 7) is 10.7. The molecule has 2 heteroatoms. The van der Waals surface area contributed by atoms with Gasteiger partial charge in [0.1, 0.15) is 0 Å². The summed E-state index contributed by atoms with van der Waals surface area (Å²) in [6.07, 6.45) is 2.22. The molecule has 0 heterocycles. The minimum atomic E-state index is 0.597. The van der Waals surface area contributed by atoms with Gasteiger partial charge in [0.25, 0.3) is 0 Å². The molecule has 0 aromatic carbocycles. The van der Waals surface area contributed by atoms with Gasteiger partial charge >= 0.3 is 0 Å². The van der Waals surface area contributed by atoms with Gasteiger partial charge in [-0.1, -0.05) is 32.9 Å². The van der Waals surface area contributed by atoms with E-state index in [0.29, 0.717) is 6.04 Å². The topological polar surface area (TPSA) is 12.0 Å². The zero-order valence-corrected chi connectivity index (χ0v) is 10.2. The Morgan fingerprint density at radius 2 is 2.08 bits per heavy atom. The number of hydrogen-bond acceptors (Lipinski definition) is 2. The Bertz CT molecular complexity index is 143. The highest BCUT2D eigenvalue weighted by molar-refractivity contribution is 7.99. The van der Waals surface area contributed by atoms with Gasteiger partial charge in [0.05, 0.1) is 0 Å². The SMILES string of the molecule is C=C(CC)CC(CSC(C)C)NC. The van der Waals surface area contributed by atoms with Gasteiger partial charge in [-0.2, -0.15) is 11.8 Å². The summed E-state index contributed by atoms with van der Waals surface area (Å²) in [5.74, 6) is 1.19. The second kappa shape index (κ2) is 7.45. The van der Waals surface area contributed by atoms with Crippen LogP contribution in [0.5, 0.6) is 0 Å². The van der Waals surface area contributed by atoms with Gasteiger partial charge in [-0.25, -0.2) is 0 Å². The Balaban J connectivity index is 3.69. The molecule has 0 aromatic heterocycles. The highest BCUT2D eigenvalue weighted by Crippen LogP contribution is 2.15. The number of hydrogen-bond donors (Lipinski definition) is 1. The van der Waals surface area contributed by atoms with Crippen LogP contribution < -0.4 is 5.32 Å². The monoisotopic (exact) mass is 201 g/mol. The van der Waals surface area contributed by atoms with E-state index in [1.165, 1.54) is 11.3 Å². The van der Waals surface area contributed by atoms with Gasteiger partial charge in [0.2, 0.25) is 0 Å². The molecule has 0 amide bonds. The van der Waals surface area contributed by atoms with Gasteiger partial charge < -0.3 is 5.32 Å². The fourth-order valence-electron chi connectivity index (χ4n) is 1.05. The smallest absolute Gasteiger partial charge is 0.0192 e. The zero-order valence-electron chi connectivity index (χ0n) is 9.39. The molecule has 0 fully saturated rings. The van der Waals surface area contributed by atoms with Crippen LogP contribution in [0, 0.1) is 0 Å². The first-order valence-electron chi connectivity index (χ1n) is 5.05. The van der Waals surface area contributed by atoms with E-state index < -0.39 is 0 Å². The third kappa shape index (κ3) is 7.15. The number of rotatable bonds is 7. The molecule has 0 saturated heterocycles. The maximum atomic E-state index is 4.04. The fourth-order valence-corrected chi connectivity index (χ4v) is 1.95. The van der Waals surface area contributed by atoms with E-state index in [2.05, 4.69) is 32.7 Å². The highest BCUT2D eigenvalue weighted by atomic mass is 32.2. The summed E-state index contributed by atoms with van der Waals surface area (Å²) in [7, 11) is 2.04. The second-order valence-electron chi connectivity index (χ2n) is 3.68. The minimum Gasteiger partial charge on any atom is -0.316 e. The zero-order chi connectivity index (χ0) is 10.3. The predicted octanol–water partition coefficient (Wildman–Crippen LogP) is 3.07. The molecule has 1 nitrogen and oxygen atoms in total. The van der Waals surface area contributed by atoms with Crippen LogP contribution in [0.4, 0.5) is 0 Å². The lowest BCUT2D eigenvalue weighted by atomic mass is 10.1. The molecule has 0 aromatic rings. The lowest BCUT2D eigenvalue weighted by molar-refractivity contribution is 0.606. The molecule has 0 rings (SSSR count). The lowest BCUT2D eigenvalue weighted by Crippen LogP contribution is -2.28. The molecule has 1 unspecified atom stereocenters. The number of thioether (sulfide) groups is 1. The highest BCUT2D eigenvalue weighted by Gasteiger charge is 2.07. The van der Waals surface area contributed by atoms with Crippen LogP contribution in [-0.2, 0) is 0 Å². The molecule has 0 aliphatic carbocycles. The minimum absolute atomic E-state index is 0.597. The van der Waals surface area contributed by atoms with Crippen LogP contribution in [0.1, 0.15) is 33.6 Å². The van der Waals surface area contributed by atoms with Crippen molar-refractivity contribution in [2.45, 2.75) is 44.9 Å². The van der Waals surface area contributed by atoms with Crippen molar-refractivity contribution in [3.05, 3.63) is 12.2 Å². The summed E-state index contributed by atoms with van der Waals surface area (Å²) in [5, 5.41) is 4.07. The van der Waals surface area contributed by atoms with Gasteiger partial charge in [0, 0.05) is 11.8 Å². The molecule has 0 radical (unpaired) electrons. The van der Waals surface area contributed by atoms with Crippen molar-refractivity contribution < 1.29 is 0 Å². The number of nitrogens with one attached hydrogen (secondary N) is 1. The summed E-state index contributed by atoms with van der Waals surface area (Å²) in [6, 6.07) is 0.597. The van der Waals surface area contributed by atoms with Crippen molar-refractivity contribution >= 4 is 11.8 Å². The van der Waals surface area contributed by atoms with Crippen LogP contribution in [0.25, 0.3) is 0 Å². The van der Waals surface area contributed by atoms with E-state index in [-0.39, 0.29) is 0 Å². The van der Waals surface area contributed by atoms with Crippen LogP contribution in [0.3, 0.4) is 0 Å². The average molecular weight is 201 g/mol. The normalized spacial score (nSPS) is 13.3. The van der Waals surface area contributed by atoms with Crippen molar-refractivity contribution in [1.29, 1.82) is 0 Å². The molecule has 0 spiro atoms. The van der Waals surface area contributed by atoms with E-state index >= 15 is 0 Å². The van der Waals surface area contributed by atoms with E-state index in [4.69, 9.17) is 0 Å². The first-order valence-corrected chi connectivity index (χ1v) is 6.10. The standard InChI is InChI=1S/C11H23NS/c1-6-10(4)7-11(12-5)8-13-9(2)3/h9,11-12H,4,6-8H2,1-3,5H3. The quantitative estimate of drug-likeness (QED) is 0.635. The second-order valence-corrected chi connectivity index (χ2v) is 5.28. The fraction of sp³-hybridized carbons (Fsp3) is 0.818. The maximum Gasteiger partial charge on any atom is 0.0192 e. The molecule has 13 heavy (non-hydrogen) atoms. The van der Waals surface area contributed by atoms with Crippen LogP contribution in [0.2, 0.25) is 0 Å². The largest absolute Gasteiger partial charge is 0.316 e. The molecule has 78 valence electrons. The Morgan fingerprint density at radius 1 is 1.46 bits per heavy atom. The molecule has 0 bridgehead atoms. The first-order chi connectivity index (χ1) is 6.10. The van der Waals surface area contributed by atoms with E-state index in [9.17, 15) is 0 Å². The van der Waals surface area contributed by atoms with E-state index in [1.807, 2.05) is 18.8 Å². The van der Waals surface area contributed by atoms with Crippen LogP contribution in [-0.4, -0.2) is 24.1 Å². The molecular weight excluding hydrogens is 178 g/mol. The summed E-state index contributed by atoms with van der Waals surface area (Å²) >= 11 is 2.01. The summed E-state index contributed by atoms with van der Waals surface area (Å²) < 4.78 is 0. The van der Waals surface area contributed by atoms with E-state index in [1.54, 1.807) is 0 Å². The Hall–Kier alpha value is 0.0500. The summed E-state index contributed by atoms with van der Waals surface area (Å²) in [5.41, 5.74) is 1.35. The summed E-state index contributed by atoms with van der Waals surface area (Å²) in [4.78, 5) is 0. The van der Waals surface area contributed by atoms with Gasteiger partial charge in [-0.15, -0.1) is 0 Å². The molecule has 0 saturated carbocycles. The van der Waals surface area contributed by atoms with E-state index in [0.717, 1.165) is 18.1 Å². The Morgan fingerprint density at radius 3 is 2.46 bits per heavy atom. The first kappa shape index (κ1) is 13.1.